The molecule has 0 N–H and O–H groups in total. The summed E-state index contributed by atoms with van der Waals surface area (Å²) in [6.07, 6.45) is 5.41. The third-order valence-corrected chi connectivity index (χ3v) is 4.64. The van der Waals surface area contributed by atoms with Gasteiger partial charge in [-0.25, -0.2) is 0 Å². The van der Waals surface area contributed by atoms with Gasteiger partial charge in [-0.1, -0.05) is 38.3 Å². The largest absolute Gasteiger partial charge is 0.489 e. The first kappa shape index (κ1) is 16.2. The first-order valence-electron chi connectivity index (χ1n) is 7.89. The average molecular weight is 306 g/mol. The Bertz CT molecular complexity index is 533. The van der Waals surface area contributed by atoms with Crippen molar-refractivity contribution < 1.29 is 4.74 Å². The van der Waals surface area contributed by atoms with Gasteiger partial charge in [-0.3, -0.25) is 0 Å². The number of aryl methyl sites for hydroxylation is 1. The second-order valence-corrected chi connectivity index (χ2v) is 6.73. The monoisotopic (exact) mass is 305 g/mol. The Morgan fingerprint density at radius 3 is 2.62 bits per heavy atom. The Kier molecular flexibility index (Phi) is 5.53. The first-order chi connectivity index (χ1) is 10.0. The van der Waals surface area contributed by atoms with E-state index < -0.39 is 0 Å². The normalized spacial score (nSPS) is 22.7. The summed E-state index contributed by atoms with van der Waals surface area (Å²) in [5.41, 5.74) is 2.16. The molecule has 0 radical (unpaired) electrons. The maximum atomic E-state index is 9.37. The smallest absolute Gasteiger partial charge is 0.123 e. The molecule has 1 fully saturated rings. The summed E-state index contributed by atoms with van der Waals surface area (Å²) in [5.74, 6) is 1.25. The number of nitriles is 1. The summed E-state index contributed by atoms with van der Waals surface area (Å²) in [5, 5.41) is 10.2. The third kappa shape index (κ3) is 3.92. The van der Waals surface area contributed by atoms with Crippen LogP contribution in [0.2, 0.25) is 5.02 Å². The fourth-order valence-corrected chi connectivity index (χ4v) is 3.40. The molecule has 21 heavy (non-hydrogen) atoms. The molecule has 0 amide bonds. The molecule has 3 heteroatoms. The Hall–Kier alpha value is -1.20. The number of hydrogen-bond donors (Lipinski definition) is 0. The Balaban J connectivity index is 2.25. The molecule has 0 heterocycles. The molecule has 1 aliphatic rings. The van der Waals surface area contributed by atoms with E-state index in [4.69, 9.17) is 16.3 Å². The van der Waals surface area contributed by atoms with Gasteiger partial charge in [0.25, 0.3) is 0 Å². The van der Waals surface area contributed by atoms with E-state index in [0.29, 0.717) is 5.92 Å². The zero-order valence-corrected chi connectivity index (χ0v) is 13.9. The summed E-state index contributed by atoms with van der Waals surface area (Å²) >= 11 is 6.31. The van der Waals surface area contributed by atoms with Crippen molar-refractivity contribution >= 4 is 11.6 Å². The molecular weight excluding hydrogens is 282 g/mol. The van der Waals surface area contributed by atoms with Crippen molar-refractivity contribution in [3.8, 4) is 11.8 Å². The summed E-state index contributed by atoms with van der Waals surface area (Å²) < 4.78 is 6.23. The van der Waals surface area contributed by atoms with Crippen molar-refractivity contribution in [2.75, 3.05) is 0 Å². The van der Waals surface area contributed by atoms with Gasteiger partial charge in [-0.2, -0.15) is 5.26 Å². The van der Waals surface area contributed by atoms with Crippen molar-refractivity contribution in [2.24, 2.45) is 5.92 Å². The van der Waals surface area contributed by atoms with Crippen LogP contribution in [0.15, 0.2) is 12.1 Å². The lowest BCUT2D eigenvalue weighted by atomic mass is 9.98. The minimum Gasteiger partial charge on any atom is -0.489 e. The van der Waals surface area contributed by atoms with Crippen LogP contribution in [0.1, 0.15) is 63.0 Å². The van der Waals surface area contributed by atoms with Crippen LogP contribution >= 0.6 is 11.6 Å². The molecule has 0 aromatic heterocycles. The number of halogens is 1. The van der Waals surface area contributed by atoms with Crippen LogP contribution in [0.4, 0.5) is 0 Å². The van der Waals surface area contributed by atoms with Crippen LogP contribution in [-0.4, -0.2) is 6.10 Å². The molecule has 2 atom stereocenters. The summed E-state index contributed by atoms with van der Waals surface area (Å²) in [6, 6.07) is 6.47. The topological polar surface area (TPSA) is 33.0 Å². The van der Waals surface area contributed by atoms with Crippen molar-refractivity contribution in [1.82, 2.24) is 0 Å². The van der Waals surface area contributed by atoms with Gasteiger partial charge in [0.1, 0.15) is 11.9 Å². The molecule has 1 aromatic carbocycles. The maximum Gasteiger partial charge on any atom is 0.123 e. The van der Waals surface area contributed by atoms with Gasteiger partial charge in [-0.15, -0.1) is 0 Å². The molecule has 0 bridgehead atoms. The molecule has 114 valence electrons. The van der Waals surface area contributed by atoms with E-state index in [0.717, 1.165) is 47.6 Å². The van der Waals surface area contributed by atoms with E-state index in [2.05, 4.69) is 26.0 Å². The standard InChI is InChI=1S/C18H24ClNO/c1-12(2)15-10-18(13(3)9-16(15)19)21-17-8-6-4-5-7-14(17)11-20/h9-10,12,14,17H,4-8H2,1-3H3. The summed E-state index contributed by atoms with van der Waals surface area (Å²) in [7, 11) is 0. The van der Waals surface area contributed by atoms with Crippen molar-refractivity contribution in [1.29, 1.82) is 5.26 Å². The highest BCUT2D eigenvalue weighted by Crippen LogP contribution is 2.34. The fourth-order valence-electron chi connectivity index (χ4n) is 2.96. The van der Waals surface area contributed by atoms with E-state index in [1.807, 2.05) is 13.0 Å². The average Bonchev–Trinajstić information content (AvgIpc) is 2.66. The predicted octanol–water partition coefficient (Wildman–Crippen LogP) is 5.62. The third-order valence-electron chi connectivity index (χ3n) is 4.31. The van der Waals surface area contributed by atoms with Crippen molar-refractivity contribution in [3.63, 3.8) is 0 Å². The highest BCUT2D eigenvalue weighted by molar-refractivity contribution is 6.31. The van der Waals surface area contributed by atoms with Crippen molar-refractivity contribution in [3.05, 3.63) is 28.3 Å². The molecule has 0 spiro atoms. The first-order valence-corrected chi connectivity index (χ1v) is 8.27. The van der Waals surface area contributed by atoms with Crippen LogP contribution in [-0.2, 0) is 0 Å². The molecule has 2 unspecified atom stereocenters. The number of rotatable bonds is 3. The SMILES string of the molecule is Cc1cc(Cl)c(C(C)C)cc1OC1CCCCCC1C#N. The van der Waals surface area contributed by atoms with Crippen LogP contribution < -0.4 is 4.74 Å². The highest BCUT2D eigenvalue weighted by atomic mass is 35.5. The van der Waals surface area contributed by atoms with E-state index in [1.54, 1.807) is 0 Å². The number of nitrogens with zero attached hydrogens (tertiary/aromatic N) is 1. The second kappa shape index (κ2) is 7.18. The molecule has 2 nitrogen and oxygen atoms in total. The quantitative estimate of drug-likeness (QED) is 0.679. The summed E-state index contributed by atoms with van der Waals surface area (Å²) in [6.45, 7) is 6.28. The Morgan fingerprint density at radius 1 is 1.24 bits per heavy atom. The second-order valence-electron chi connectivity index (χ2n) is 6.32. The molecule has 0 aliphatic heterocycles. The number of benzene rings is 1. The van der Waals surface area contributed by atoms with Gasteiger partial charge in [0.2, 0.25) is 0 Å². The molecule has 1 aliphatic carbocycles. The molecular formula is C18H24ClNO. The van der Waals surface area contributed by atoms with Gasteiger partial charge >= 0.3 is 0 Å². The Labute approximate surface area is 133 Å². The minimum atomic E-state index is 0.00470. The van der Waals surface area contributed by atoms with Crippen LogP contribution in [0.5, 0.6) is 5.75 Å². The van der Waals surface area contributed by atoms with Gasteiger partial charge in [0.05, 0.1) is 12.0 Å². The van der Waals surface area contributed by atoms with Gasteiger partial charge in [-0.05, 0) is 55.4 Å². The van der Waals surface area contributed by atoms with Crippen molar-refractivity contribution in [2.45, 2.75) is 64.9 Å². The van der Waals surface area contributed by atoms with E-state index in [9.17, 15) is 5.26 Å². The lowest BCUT2D eigenvalue weighted by molar-refractivity contribution is 0.151. The van der Waals surface area contributed by atoms with Gasteiger partial charge < -0.3 is 4.74 Å². The van der Waals surface area contributed by atoms with Crippen LogP contribution in [0, 0.1) is 24.2 Å². The lowest BCUT2D eigenvalue weighted by Crippen LogP contribution is -2.25. The number of hydrogen-bond acceptors (Lipinski definition) is 2. The number of ether oxygens (including phenoxy) is 1. The van der Waals surface area contributed by atoms with E-state index in [-0.39, 0.29) is 12.0 Å². The maximum absolute atomic E-state index is 9.37. The molecule has 1 aromatic rings. The fraction of sp³-hybridized carbons (Fsp3) is 0.611. The van der Waals surface area contributed by atoms with Crippen LogP contribution in [0.25, 0.3) is 0 Å². The van der Waals surface area contributed by atoms with E-state index in [1.165, 1.54) is 6.42 Å². The zero-order valence-electron chi connectivity index (χ0n) is 13.2. The Morgan fingerprint density at radius 2 is 1.95 bits per heavy atom. The predicted molar refractivity (Wildman–Crippen MR) is 86.9 cm³/mol. The highest BCUT2D eigenvalue weighted by Gasteiger charge is 2.26. The zero-order chi connectivity index (χ0) is 15.4. The van der Waals surface area contributed by atoms with Gasteiger partial charge in [0, 0.05) is 5.02 Å². The lowest BCUT2D eigenvalue weighted by Gasteiger charge is -2.23. The molecule has 1 saturated carbocycles. The molecule has 2 rings (SSSR count). The summed E-state index contributed by atoms with van der Waals surface area (Å²) in [4.78, 5) is 0. The molecule has 0 saturated heterocycles. The van der Waals surface area contributed by atoms with E-state index >= 15 is 0 Å². The minimum absolute atomic E-state index is 0.00470. The van der Waals surface area contributed by atoms with Gasteiger partial charge in [0.15, 0.2) is 0 Å². The van der Waals surface area contributed by atoms with Crippen LogP contribution in [0.3, 0.4) is 0 Å².